The predicted octanol–water partition coefficient (Wildman–Crippen LogP) is 1.46. The Labute approximate surface area is 153 Å². The lowest BCUT2D eigenvalue weighted by atomic mass is 10.0. The van der Waals surface area contributed by atoms with E-state index in [1.165, 1.54) is 11.3 Å². The number of halogens is 2. The van der Waals surface area contributed by atoms with Gasteiger partial charge >= 0.3 is 0 Å². The number of amides is 1. The summed E-state index contributed by atoms with van der Waals surface area (Å²) in [6, 6.07) is 4.32. The molecule has 0 aromatic carbocycles. The van der Waals surface area contributed by atoms with Crippen LogP contribution < -0.4 is 5.32 Å². The van der Waals surface area contributed by atoms with Crippen LogP contribution in [0.25, 0.3) is 0 Å². The standard InChI is InChI=1S/C15H23N3O2S.2ClH/c19-13-10-16-5-8-18(11-13)12-3-6-17(7-4-12)15(20)14-2-1-9-21-14;;/h1-2,9,12-13,16,19H,3-8,10-11H2;2*1H. The number of hydrogen-bond donors (Lipinski definition) is 2. The van der Waals surface area contributed by atoms with Crippen LogP contribution in [-0.4, -0.2) is 72.2 Å². The molecule has 2 N–H and O–H groups in total. The van der Waals surface area contributed by atoms with E-state index in [0.717, 1.165) is 50.4 Å². The van der Waals surface area contributed by atoms with E-state index in [0.29, 0.717) is 12.6 Å². The molecule has 132 valence electrons. The number of hydrogen-bond acceptors (Lipinski definition) is 5. The number of nitrogens with zero attached hydrogens (tertiary/aromatic N) is 2. The van der Waals surface area contributed by atoms with Crippen LogP contribution in [0.3, 0.4) is 0 Å². The molecule has 1 aromatic heterocycles. The highest BCUT2D eigenvalue weighted by Crippen LogP contribution is 2.20. The number of aliphatic hydroxyl groups is 1. The topological polar surface area (TPSA) is 55.8 Å². The molecule has 0 saturated carbocycles. The van der Waals surface area contributed by atoms with E-state index in [1.807, 2.05) is 22.4 Å². The molecule has 2 aliphatic rings. The molecule has 0 radical (unpaired) electrons. The smallest absolute Gasteiger partial charge is 0.263 e. The first kappa shape index (κ1) is 20.7. The van der Waals surface area contributed by atoms with Crippen molar-refractivity contribution >= 4 is 42.1 Å². The van der Waals surface area contributed by atoms with Crippen molar-refractivity contribution in [3.05, 3.63) is 22.4 Å². The molecular formula is C15H25Cl2N3O2S. The van der Waals surface area contributed by atoms with Crippen LogP contribution in [0.1, 0.15) is 22.5 Å². The Balaban J connectivity index is 0.00000132. The van der Waals surface area contributed by atoms with Gasteiger partial charge in [0, 0.05) is 45.3 Å². The zero-order valence-corrected chi connectivity index (χ0v) is 15.5. The molecule has 1 unspecified atom stereocenters. The fourth-order valence-corrected chi connectivity index (χ4v) is 3.93. The van der Waals surface area contributed by atoms with Gasteiger partial charge in [-0.2, -0.15) is 0 Å². The van der Waals surface area contributed by atoms with Crippen molar-refractivity contribution in [3.63, 3.8) is 0 Å². The SMILES string of the molecule is Cl.Cl.O=C(c1cccs1)N1CCC(N2CCNCC(O)C2)CC1. The van der Waals surface area contributed by atoms with E-state index >= 15 is 0 Å². The van der Waals surface area contributed by atoms with Crippen molar-refractivity contribution in [2.75, 3.05) is 39.3 Å². The molecule has 0 aliphatic carbocycles. The van der Waals surface area contributed by atoms with Crippen molar-refractivity contribution in [1.29, 1.82) is 0 Å². The van der Waals surface area contributed by atoms with Gasteiger partial charge in [-0.3, -0.25) is 9.69 Å². The fourth-order valence-electron chi connectivity index (χ4n) is 3.24. The molecule has 0 bridgehead atoms. The third-order valence-electron chi connectivity index (χ3n) is 4.40. The summed E-state index contributed by atoms with van der Waals surface area (Å²) in [6.07, 6.45) is 1.73. The van der Waals surface area contributed by atoms with Gasteiger partial charge in [-0.25, -0.2) is 0 Å². The van der Waals surface area contributed by atoms with Gasteiger partial charge in [-0.05, 0) is 24.3 Å². The predicted molar refractivity (Wildman–Crippen MR) is 98.2 cm³/mol. The van der Waals surface area contributed by atoms with Crippen LogP contribution >= 0.6 is 36.2 Å². The number of nitrogens with one attached hydrogen (secondary N) is 1. The Morgan fingerprint density at radius 2 is 2.00 bits per heavy atom. The fraction of sp³-hybridized carbons (Fsp3) is 0.667. The highest BCUT2D eigenvalue weighted by atomic mass is 35.5. The number of likely N-dealkylation sites (tertiary alicyclic amines) is 1. The highest BCUT2D eigenvalue weighted by Gasteiger charge is 2.29. The maximum atomic E-state index is 12.3. The molecule has 3 heterocycles. The van der Waals surface area contributed by atoms with Crippen LogP contribution in [0.4, 0.5) is 0 Å². The molecule has 2 fully saturated rings. The number of rotatable bonds is 2. The number of carbonyl (C=O) groups excluding carboxylic acids is 1. The summed E-state index contributed by atoms with van der Waals surface area (Å²) in [5.74, 6) is 0.168. The van der Waals surface area contributed by atoms with E-state index in [-0.39, 0.29) is 36.8 Å². The van der Waals surface area contributed by atoms with Crippen LogP contribution in [0.5, 0.6) is 0 Å². The normalized spacial score (nSPS) is 23.5. The number of β-amino-alcohol motifs (C(OH)–C–C–N with tert-alkyl or cyclic N) is 1. The van der Waals surface area contributed by atoms with E-state index in [1.54, 1.807) is 0 Å². The second-order valence-corrected chi connectivity index (χ2v) is 6.80. The van der Waals surface area contributed by atoms with E-state index in [4.69, 9.17) is 0 Å². The number of piperidine rings is 1. The molecule has 1 atom stereocenters. The van der Waals surface area contributed by atoms with Gasteiger partial charge in [-0.15, -0.1) is 36.2 Å². The average molecular weight is 382 g/mol. The van der Waals surface area contributed by atoms with Crippen LogP contribution in [0.15, 0.2) is 17.5 Å². The van der Waals surface area contributed by atoms with Gasteiger partial charge in [-0.1, -0.05) is 6.07 Å². The summed E-state index contributed by atoms with van der Waals surface area (Å²) < 4.78 is 0. The summed E-state index contributed by atoms with van der Waals surface area (Å²) >= 11 is 1.51. The van der Waals surface area contributed by atoms with Gasteiger partial charge in [0.05, 0.1) is 11.0 Å². The summed E-state index contributed by atoms with van der Waals surface area (Å²) in [4.78, 5) is 17.5. The van der Waals surface area contributed by atoms with Gasteiger partial charge in [0.15, 0.2) is 0 Å². The Morgan fingerprint density at radius 3 is 2.65 bits per heavy atom. The quantitative estimate of drug-likeness (QED) is 0.813. The molecule has 23 heavy (non-hydrogen) atoms. The third-order valence-corrected chi connectivity index (χ3v) is 5.26. The van der Waals surface area contributed by atoms with Gasteiger partial charge in [0.25, 0.3) is 5.91 Å². The van der Waals surface area contributed by atoms with Crippen molar-refractivity contribution in [2.45, 2.75) is 25.0 Å². The number of thiophene rings is 1. The first-order chi connectivity index (χ1) is 10.2. The highest BCUT2D eigenvalue weighted by molar-refractivity contribution is 7.12. The monoisotopic (exact) mass is 381 g/mol. The second-order valence-electron chi connectivity index (χ2n) is 5.85. The zero-order valence-electron chi connectivity index (χ0n) is 13.0. The largest absolute Gasteiger partial charge is 0.390 e. The lowest BCUT2D eigenvalue weighted by molar-refractivity contribution is 0.0543. The van der Waals surface area contributed by atoms with E-state index in [9.17, 15) is 9.90 Å². The molecule has 5 nitrogen and oxygen atoms in total. The van der Waals surface area contributed by atoms with E-state index in [2.05, 4.69) is 10.2 Å². The minimum absolute atomic E-state index is 0. The lowest BCUT2D eigenvalue weighted by Crippen LogP contribution is -2.48. The second kappa shape index (κ2) is 9.81. The first-order valence-electron chi connectivity index (χ1n) is 7.69. The van der Waals surface area contributed by atoms with Gasteiger partial charge in [0.1, 0.15) is 0 Å². The van der Waals surface area contributed by atoms with Crippen molar-refractivity contribution in [3.8, 4) is 0 Å². The Hall–Kier alpha value is -0.370. The van der Waals surface area contributed by atoms with Gasteiger partial charge < -0.3 is 15.3 Å². The summed E-state index contributed by atoms with van der Waals surface area (Å²) in [6.45, 7) is 5.00. The molecule has 8 heteroatoms. The zero-order chi connectivity index (χ0) is 14.7. The summed E-state index contributed by atoms with van der Waals surface area (Å²) in [5, 5.41) is 15.1. The summed E-state index contributed by atoms with van der Waals surface area (Å²) in [5.41, 5.74) is 0. The van der Waals surface area contributed by atoms with Crippen molar-refractivity contribution in [2.24, 2.45) is 0 Å². The van der Waals surface area contributed by atoms with Crippen LogP contribution in [0.2, 0.25) is 0 Å². The Morgan fingerprint density at radius 1 is 1.26 bits per heavy atom. The first-order valence-corrected chi connectivity index (χ1v) is 8.57. The number of carbonyl (C=O) groups is 1. The van der Waals surface area contributed by atoms with E-state index < -0.39 is 0 Å². The number of aliphatic hydroxyl groups excluding tert-OH is 1. The van der Waals surface area contributed by atoms with Crippen molar-refractivity contribution in [1.82, 2.24) is 15.1 Å². The maximum Gasteiger partial charge on any atom is 0.263 e. The molecule has 1 amide bonds. The molecule has 2 aliphatic heterocycles. The molecule has 3 rings (SSSR count). The third kappa shape index (κ3) is 5.31. The Kier molecular flexibility index (Phi) is 8.82. The lowest BCUT2D eigenvalue weighted by Gasteiger charge is -2.38. The minimum atomic E-state index is -0.279. The summed E-state index contributed by atoms with van der Waals surface area (Å²) in [7, 11) is 0. The molecule has 1 aromatic rings. The average Bonchev–Trinajstić information content (AvgIpc) is 2.96. The van der Waals surface area contributed by atoms with Crippen molar-refractivity contribution < 1.29 is 9.90 Å². The van der Waals surface area contributed by atoms with Crippen LogP contribution in [0, 0.1) is 0 Å². The maximum absolute atomic E-state index is 12.3. The minimum Gasteiger partial charge on any atom is -0.390 e. The van der Waals surface area contributed by atoms with Crippen LogP contribution in [-0.2, 0) is 0 Å². The van der Waals surface area contributed by atoms with Gasteiger partial charge in [0.2, 0.25) is 0 Å². The molecule has 2 saturated heterocycles. The Bertz CT molecular complexity index is 467. The molecular weight excluding hydrogens is 357 g/mol. The molecule has 0 spiro atoms.